The summed E-state index contributed by atoms with van der Waals surface area (Å²) in [7, 11) is -8.04. The Morgan fingerprint density at radius 3 is 2.33 bits per heavy atom. The van der Waals surface area contributed by atoms with Gasteiger partial charge in [-0.3, -0.25) is 4.79 Å². The maximum absolute atomic E-state index is 13.1. The zero-order valence-corrected chi connectivity index (χ0v) is 17.6. The fourth-order valence-corrected chi connectivity index (χ4v) is 6.41. The second-order valence-electron chi connectivity index (χ2n) is 6.74. The molecular weight excluding hydrogens is 412 g/mol. The topological polar surface area (TPSA) is 123 Å². The van der Waals surface area contributed by atoms with Crippen LogP contribution in [0.15, 0.2) is 21.9 Å². The lowest BCUT2D eigenvalue weighted by Gasteiger charge is -2.23. The van der Waals surface area contributed by atoms with Crippen molar-refractivity contribution in [2.45, 2.75) is 66.9 Å². The third-order valence-electron chi connectivity index (χ3n) is 4.70. The molecule has 1 aliphatic carbocycles. The van der Waals surface area contributed by atoms with Gasteiger partial charge in [0.15, 0.2) is 9.84 Å². The summed E-state index contributed by atoms with van der Waals surface area (Å²) in [4.78, 5) is 11.9. The van der Waals surface area contributed by atoms with Gasteiger partial charge in [-0.2, -0.15) is 0 Å². The lowest BCUT2D eigenvalue weighted by atomic mass is 10.0. The van der Waals surface area contributed by atoms with E-state index in [1.807, 2.05) is 6.92 Å². The second-order valence-corrected chi connectivity index (χ2v) is 10.9. The number of nitrogens with two attached hydrogens (primary N) is 1. The summed E-state index contributed by atoms with van der Waals surface area (Å²) in [6.45, 7) is 2.30. The third kappa shape index (κ3) is 5.22. The molecule has 0 spiro atoms. The molecule has 3 N–H and O–H groups in total. The predicted octanol–water partition coefficient (Wildman–Crippen LogP) is 2.62. The molecule has 0 unspecified atom stereocenters. The molecule has 7 nitrogen and oxygen atoms in total. The molecule has 152 valence electrons. The Bertz CT molecular complexity index is 907. The maximum atomic E-state index is 13.1. The van der Waals surface area contributed by atoms with E-state index in [0.717, 1.165) is 37.8 Å². The summed E-state index contributed by atoms with van der Waals surface area (Å²) in [5.74, 6) is -0.653. The van der Waals surface area contributed by atoms with Crippen molar-refractivity contribution in [2.75, 3.05) is 6.54 Å². The molecule has 10 heteroatoms. The van der Waals surface area contributed by atoms with Crippen LogP contribution < -0.4 is 10.5 Å². The zero-order chi connectivity index (χ0) is 20.2. The first-order chi connectivity index (χ1) is 12.6. The minimum atomic E-state index is -4.21. The first kappa shape index (κ1) is 22.1. The summed E-state index contributed by atoms with van der Waals surface area (Å²) in [6, 6.07) is 2.01. The Kier molecular flexibility index (Phi) is 7.29. The van der Waals surface area contributed by atoms with Crippen molar-refractivity contribution in [3.05, 3.63) is 22.7 Å². The number of amides is 1. The number of nitrogens with one attached hydrogen (secondary N) is 1. The first-order valence-corrected chi connectivity index (χ1v) is 12.4. The molecule has 1 saturated carbocycles. The molecule has 0 aliphatic heterocycles. The number of halogens is 1. The molecule has 1 amide bonds. The number of rotatable bonds is 7. The van der Waals surface area contributed by atoms with Gasteiger partial charge < -0.3 is 5.32 Å². The van der Waals surface area contributed by atoms with Crippen molar-refractivity contribution in [2.24, 2.45) is 5.14 Å². The van der Waals surface area contributed by atoms with Gasteiger partial charge in [-0.25, -0.2) is 22.0 Å². The molecule has 0 heterocycles. The van der Waals surface area contributed by atoms with E-state index in [9.17, 15) is 21.6 Å². The quantitative estimate of drug-likeness (QED) is 0.636. The van der Waals surface area contributed by atoms with E-state index < -0.39 is 35.9 Å². The molecule has 0 bridgehead atoms. The zero-order valence-electron chi connectivity index (χ0n) is 15.2. The second kappa shape index (κ2) is 8.89. The predicted molar refractivity (Wildman–Crippen MR) is 104 cm³/mol. The van der Waals surface area contributed by atoms with Crippen molar-refractivity contribution in [3.8, 4) is 0 Å². The number of hydrogen-bond donors (Lipinski definition) is 2. The fourth-order valence-electron chi connectivity index (χ4n) is 3.19. The van der Waals surface area contributed by atoms with E-state index in [0.29, 0.717) is 25.8 Å². The number of hydrogen-bond acceptors (Lipinski definition) is 5. The van der Waals surface area contributed by atoms with Crippen LogP contribution in [0.1, 0.15) is 62.2 Å². The lowest BCUT2D eigenvalue weighted by Crippen LogP contribution is -2.30. The highest BCUT2D eigenvalue weighted by molar-refractivity contribution is 7.92. The first-order valence-electron chi connectivity index (χ1n) is 8.97. The molecule has 1 aliphatic rings. The number of carbonyl (C=O) groups is 1. The molecular formula is C17H25ClN2O5S2. The Labute approximate surface area is 165 Å². The smallest absolute Gasteiger partial charge is 0.252 e. The summed E-state index contributed by atoms with van der Waals surface area (Å²) in [5, 5.41) is 6.87. The molecule has 1 aromatic rings. The van der Waals surface area contributed by atoms with Gasteiger partial charge in [0.25, 0.3) is 5.91 Å². The number of unbranched alkanes of at least 4 members (excludes halogenated alkanes) is 1. The van der Waals surface area contributed by atoms with Crippen LogP contribution in [0.25, 0.3) is 0 Å². The third-order valence-corrected chi connectivity index (χ3v) is 8.37. The van der Waals surface area contributed by atoms with Crippen LogP contribution in [0.3, 0.4) is 0 Å². The molecule has 2 rings (SSSR count). The minimum absolute atomic E-state index is 0.231. The molecule has 27 heavy (non-hydrogen) atoms. The van der Waals surface area contributed by atoms with Gasteiger partial charge >= 0.3 is 0 Å². The van der Waals surface area contributed by atoms with Crippen molar-refractivity contribution in [1.82, 2.24) is 5.32 Å². The van der Waals surface area contributed by atoms with Gasteiger partial charge in [0.05, 0.1) is 20.7 Å². The molecule has 1 aromatic carbocycles. The lowest BCUT2D eigenvalue weighted by molar-refractivity contribution is 0.0949. The molecule has 0 atom stereocenters. The van der Waals surface area contributed by atoms with Gasteiger partial charge in [-0.1, -0.05) is 44.2 Å². The van der Waals surface area contributed by atoms with Gasteiger partial charge in [-0.15, -0.1) is 0 Å². The number of carbonyl (C=O) groups excluding carboxylic acids is 1. The van der Waals surface area contributed by atoms with Crippen LogP contribution in [0.2, 0.25) is 5.02 Å². The van der Waals surface area contributed by atoms with Crippen molar-refractivity contribution in [3.63, 3.8) is 0 Å². The monoisotopic (exact) mass is 436 g/mol. The van der Waals surface area contributed by atoms with E-state index in [2.05, 4.69) is 5.32 Å². The highest BCUT2D eigenvalue weighted by atomic mass is 35.5. The number of sulfone groups is 1. The Morgan fingerprint density at radius 2 is 1.78 bits per heavy atom. The highest BCUT2D eigenvalue weighted by Crippen LogP contribution is 2.34. The molecule has 0 aromatic heterocycles. The number of primary sulfonamides is 1. The maximum Gasteiger partial charge on any atom is 0.252 e. The van der Waals surface area contributed by atoms with Crippen molar-refractivity contribution < 1.29 is 21.6 Å². The SMILES string of the molecule is CCCCNC(=O)c1cc(S(N)(=O)=O)c(Cl)cc1S(=O)(=O)C1CCCCC1. The van der Waals surface area contributed by atoms with E-state index in [1.54, 1.807) is 0 Å². The summed E-state index contributed by atoms with van der Waals surface area (Å²) in [6.07, 6.45) is 5.14. The fraction of sp³-hybridized carbons (Fsp3) is 0.588. The van der Waals surface area contributed by atoms with Crippen molar-refractivity contribution in [1.29, 1.82) is 0 Å². The van der Waals surface area contributed by atoms with E-state index >= 15 is 0 Å². The van der Waals surface area contributed by atoms with Crippen LogP contribution in [0, 0.1) is 0 Å². The minimum Gasteiger partial charge on any atom is -0.352 e. The van der Waals surface area contributed by atoms with Crippen molar-refractivity contribution >= 4 is 37.4 Å². The Morgan fingerprint density at radius 1 is 1.15 bits per heavy atom. The van der Waals surface area contributed by atoms with Gasteiger partial charge in [0.1, 0.15) is 4.90 Å². The van der Waals surface area contributed by atoms with E-state index in [1.165, 1.54) is 0 Å². The average molecular weight is 437 g/mol. The van der Waals surface area contributed by atoms with Crippen LogP contribution in [-0.2, 0) is 19.9 Å². The van der Waals surface area contributed by atoms with Gasteiger partial charge in [0.2, 0.25) is 10.0 Å². The van der Waals surface area contributed by atoms with Crippen LogP contribution in [0.5, 0.6) is 0 Å². The number of sulfonamides is 1. The van der Waals surface area contributed by atoms with Crippen LogP contribution in [-0.4, -0.2) is 34.5 Å². The van der Waals surface area contributed by atoms with Gasteiger partial charge in [0, 0.05) is 6.54 Å². The summed E-state index contributed by atoms with van der Waals surface area (Å²) in [5.41, 5.74) is -0.231. The van der Waals surface area contributed by atoms with Crippen LogP contribution >= 0.6 is 11.6 Å². The largest absolute Gasteiger partial charge is 0.352 e. The summed E-state index contributed by atoms with van der Waals surface area (Å²) < 4.78 is 49.8. The highest BCUT2D eigenvalue weighted by Gasteiger charge is 2.34. The average Bonchev–Trinajstić information content (AvgIpc) is 2.61. The summed E-state index contributed by atoms with van der Waals surface area (Å²) >= 11 is 6.01. The van der Waals surface area contributed by atoms with Gasteiger partial charge in [-0.05, 0) is 31.4 Å². The number of benzene rings is 1. The molecule has 0 radical (unpaired) electrons. The van der Waals surface area contributed by atoms with Crippen LogP contribution in [0.4, 0.5) is 0 Å². The van der Waals surface area contributed by atoms with E-state index in [4.69, 9.17) is 16.7 Å². The Hall–Kier alpha value is -1.16. The van der Waals surface area contributed by atoms with E-state index in [-0.39, 0.29) is 15.5 Å². The normalized spacial score (nSPS) is 16.3. The molecule has 0 saturated heterocycles. The Balaban J connectivity index is 2.57. The molecule has 1 fully saturated rings. The standard InChI is InChI=1S/C17H25ClN2O5S2/c1-2-3-9-20-17(21)13-10-16(27(19,24)25)14(18)11-15(13)26(22,23)12-7-5-4-6-8-12/h10-12H,2-9H2,1H3,(H,20,21)(H2,19,24,25).